The van der Waals surface area contributed by atoms with Gasteiger partial charge >= 0.3 is 0 Å². The molecular formula is C21H18N4O6S3. The fraction of sp³-hybridized carbons (Fsp3) is 0.0952. The molecular weight excluding hydrogens is 500 g/mol. The number of non-ortho nitro benzene ring substituents is 1. The lowest BCUT2D eigenvalue weighted by atomic mass is 10.1. The fourth-order valence-corrected chi connectivity index (χ4v) is 5.09. The number of amides is 1. The van der Waals surface area contributed by atoms with Gasteiger partial charge in [0, 0.05) is 17.8 Å². The lowest BCUT2D eigenvalue weighted by Crippen LogP contribution is -2.15. The van der Waals surface area contributed by atoms with Crippen LogP contribution in [0.2, 0.25) is 0 Å². The number of nitro groups is 1. The Labute approximate surface area is 203 Å². The summed E-state index contributed by atoms with van der Waals surface area (Å²) in [7, 11) is -3.81. The second kappa shape index (κ2) is 10.7. The number of nitrogens with two attached hydrogens (primary N) is 1. The van der Waals surface area contributed by atoms with Gasteiger partial charge in [0.2, 0.25) is 15.9 Å². The van der Waals surface area contributed by atoms with Gasteiger partial charge in [-0.15, -0.1) is 11.3 Å². The number of hydrogen-bond donors (Lipinski definition) is 2. The maximum Gasteiger partial charge on any atom is 0.269 e. The van der Waals surface area contributed by atoms with Gasteiger partial charge in [-0.3, -0.25) is 19.7 Å². The number of rotatable bonds is 9. The smallest absolute Gasteiger partial charge is 0.269 e. The zero-order valence-corrected chi connectivity index (χ0v) is 20.1. The van der Waals surface area contributed by atoms with E-state index < -0.39 is 14.9 Å². The number of aryl methyl sites for hydroxylation is 1. The highest BCUT2D eigenvalue weighted by Gasteiger charge is 2.15. The van der Waals surface area contributed by atoms with Crippen LogP contribution in [0.3, 0.4) is 0 Å². The highest BCUT2D eigenvalue weighted by atomic mass is 32.2. The number of anilines is 1. The zero-order valence-electron chi connectivity index (χ0n) is 17.6. The highest BCUT2D eigenvalue weighted by molar-refractivity contribution is 8.01. The summed E-state index contributed by atoms with van der Waals surface area (Å²) in [6, 6.07) is 11.3. The first-order chi connectivity index (χ1) is 16.0. The lowest BCUT2D eigenvalue weighted by Gasteiger charge is -2.05. The molecule has 1 aromatic heterocycles. The molecule has 2 aromatic carbocycles. The average Bonchev–Trinajstić information content (AvgIpc) is 3.16. The number of carbonyl (C=O) groups is 2. The Balaban J connectivity index is 1.57. The Kier molecular flexibility index (Phi) is 7.94. The number of carbonyl (C=O) groups excluding carboxylic acids is 2. The van der Waals surface area contributed by atoms with Crippen molar-refractivity contribution in [2.45, 2.75) is 16.2 Å². The minimum Gasteiger partial charge on any atom is -0.325 e. The third kappa shape index (κ3) is 6.81. The molecule has 176 valence electrons. The quantitative estimate of drug-likeness (QED) is 0.143. The first-order valence-corrected chi connectivity index (χ1v) is 12.9. The first kappa shape index (κ1) is 25.2. The van der Waals surface area contributed by atoms with E-state index in [-0.39, 0.29) is 28.0 Å². The van der Waals surface area contributed by atoms with E-state index in [1.54, 1.807) is 25.1 Å². The van der Waals surface area contributed by atoms with E-state index in [1.807, 2.05) is 0 Å². The number of ketones is 1. The Morgan fingerprint density at radius 1 is 1.18 bits per heavy atom. The first-order valence-electron chi connectivity index (χ1n) is 9.53. The Morgan fingerprint density at radius 2 is 1.82 bits per heavy atom. The predicted octanol–water partition coefficient (Wildman–Crippen LogP) is 3.63. The second-order valence-electron chi connectivity index (χ2n) is 6.85. The van der Waals surface area contributed by atoms with Gasteiger partial charge in [0.15, 0.2) is 10.1 Å². The van der Waals surface area contributed by atoms with E-state index >= 15 is 0 Å². The minimum absolute atomic E-state index is 0.0343. The van der Waals surface area contributed by atoms with E-state index in [4.69, 9.17) is 5.14 Å². The van der Waals surface area contributed by atoms with E-state index in [1.165, 1.54) is 54.2 Å². The molecule has 0 bridgehead atoms. The molecule has 0 aliphatic carbocycles. The molecule has 3 rings (SSSR count). The summed E-state index contributed by atoms with van der Waals surface area (Å²) < 4.78 is 23.1. The van der Waals surface area contributed by atoms with Crippen molar-refractivity contribution in [3.05, 3.63) is 80.9 Å². The summed E-state index contributed by atoms with van der Waals surface area (Å²) in [4.78, 5) is 39.7. The molecule has 3 aromatic rings. The second-order valence-corrected chi connectivity index (χ2v) is 10.6. The molecule has 0 aliphatic heterocycles. The molecule has 0 spiro atoms. The lowest BCUT2D eigenvalue weighted by molar-refractivity contribution is -0.384. The molecule has 0 saturated heterocycles. The number of nitro benzene ring substituents is 1. The molecule has 0 atom stereocenters. The van der Waals surface area contributed by atoms with Crippen molar-refractivity contribution in [2.75, 3.05) is 11.1 Å². The molecule has 0 unspecified atom stereocenters. The van der Waals surface area contributed by atoms with E-state index in [0.717, 1.165) is 11.3 Å². The standard InChI is InChI=1S/C21H18N4O6S3/c1-13-20(18(26)11-4-14-2-7-16(8-3-14)25(28)29)33-21(23-13)32-12-19(27)24-15-5-9-17(10-6-15)34(22,30)31/h2-11H,12H2,1H3,(H,24,27)(H2,22,30,31)/b11-4+. The van der Waals surface area contributed by atoms with Crippen LogP contribution in [0.25, 0.3) is 6.08 Å². The van der Waals surface area contributed by atoms with E-state index in [9.17, 15) is 28.1 Å². The number of nitrogens with one attached hydrogen (secondary N) is 1. The van der Waals surface area contributed by atoms with E-state index in [0.29, 0.717) is 26.2 Å². The number of aromatic nitrogens is 1. The zero-order chi connectivity index (χ0) is 24.9. The van der Waals surface area contributed by atoms with Crippen LogP contribution in [-0.4, -0.2) is 35.8 Å². The summed E-state index contributed by atoms with van der Waals surface area (Å²) in [5.74, 6) is -0.553. The molecule has 0 saturated carbocycles. The molecule has 1 heterocycles. The molecule has 13 heteroatoms. The number of thiazole rings is 1. The van der Waals surface area contributed by atoms with Gasteiger partial charge in [0.1, 0.15) is 0 Å². The third-order valence-corrected chi connectivity index (χ3v) is 7.57. The molecule has 10 nitrogen and oxygen atoms in total. The summed E-state index contributed by atoms with van der Waals surface area (Å²) in [5.41, 5.74) is 1.56. The van der Waals surface area contributed by atoms with Crippen molar-refractivity contribution in [3.8, 4) is 0 Å². The van der Waals surface area contributed by atoms with Crippen LogP contribution in [0.5, 0.6) is 0 Å². The van der Waals surface area contributed by atoms with Gasteiger partial charge in [0.05, 0.1) is 26.1 Å². The monoisotopic (exact) mass is 518 g/mol. The maximum atomic E-state index is 12.5. The van der Waals surface area contributed by atoms with Crippen molar-refractivity contribution in [2.24, 2.45) is 5.14 Å². The summed E-state index contributed by atoms with van der Waals surface area (Å²) in [6.07, 6.45) is 2.93. The Bertz CT molecular complexity index is 1360. The van der Waals surface area contributed by atoms with E-state index in [2.05, 4.69) is 10.3 Å². The molecule has 1 amide bonds. The topological polar surface area (TPSA) is 162 Å². The third-order valence-electron chi connectivity index (χ3n) is 4.33. The Hall–Kier alpha value is -3.39. The fourth-order valence-electron chi connectivity index (χ4n) is 2.67. The number of primary sulfonamides is 1. The molecule has 0 aliphatic rings. The van der Waals surface area contributed by atoms with Gasteiger partial charge in [-0.05, 0) is 55.0 Å². The van der Waals surface area contributed by atoms with Gasteiger partial charge in [0.25, 0.3) is 5.69 Å². The molecule has 3 N–H and O–H groups in total. The largest absolute Gasteiger partial charge is 0.325 e. The van der Waals surface area contributed by atoms with Gasteiger partial charge in [-0.1, -0.05) is 17.8 Å². The minimum atomic E-state index is -3.81. The van der Waals surface area contributed by atoms with Crippen molar-refractivity contribution in [3.63, 3.8) is 0 Å². The number of hydrogen-bond acceptors (Lipinski definition) is 9. The number of nitrogens with zero attached hydrogens (tertiary/aromatic N) is 2. The SMILES string of the molecule is Cc1nc(SCC(=O)Nc2ccc(S(N)(=O)=O)cc2)sc1C(=O)/C=C/c1ccc([N+](=O)[O-])cc1. The molecule has 34 heavy (non-hydrogen) atoms. The van der Waals surface area contributed by atoms with Gasteiger partial charge in [-0.25, -0.2) is 18.5 Å². The van der Waals surface area contributed by atoms with Crippen LogP contribution < -0.4 is 10.5 Å². The summed E-state index contributed by atoms with van der Waals surface area (Å²) in [5, 5.41) is 18.4. The number of thioether (sulfide) groups is 1. The van der Waals surface area contributed by atoms with Crippen LogP contribution in [0.15, 0.2) is 63.8 Å². The Morgan fingerprint density at radius 3 is 2.41 bits per heavy atom. The van der Waals surface area contributed by atoms with Crippen LogP contribution >= 0.6 is 23.1 Å². The van der Waals surface area contributed by atoms with Gasteiger partial charge in [-0.2, -0.15) is 0 Å². The van der Waals surface area contributed by atoms with Crippen molar-refractivity contribution in [1.29, 1.82) is 0 Å². The summed E-state index contributed by atoms with van der Waals surface area (Å²) in [6.45, 7) is 1.70. The van der Waals surface area contributed by atoms with Crippen LogP contribution in [0, 0.1) is 17.0 Å². The molecule has 0 fully saturated rings. The number of allylic oxidation sites excluding steroid dienone is 1. The predicted molar refractivity (Wildman–Crippen MR) is 130 cm³/mol. The van der Waals surface area contributed by atoms with Crippen molar-refractivity contribution in [1.82, 2.24) is 4.98 Å². The summed E-state index contributed by atoms with van der Waals surface area (Å²) >= 11 is 2.33. The van der Waals surface area contributed by atoms with Crippen molar-refractivity contribution >= 4 is 62.3 Å². The van der Waals surface area contributed by atoms with Gasteiger partial charge < -0.3 is 5.32 Å². The van der Waals surface area contributed by atoms with Crippen LogP contribution in [-0.2, 0) is 14.8 Å². The van der Waals surface area contributed by atoms with Crippen LogP contribution in [0.4, 0.5) is 11.4 Å². The highest BCUT2D eigenvalue weighted by Crippen LogP contribution is 2.28. The normalized spacial score (nSPS) is 11.5. The van der Waals surface area contributed by atoms with Crippen molar-refractivity contribution < 1.29 is 22.9 Å². The number of sulfonamides is 1. The number of benzene rings is 2. The maximum absolute atomic E-state index is 12.5. The average molecular weight is 519 g/mol. The molecule has 0 radical (unpaired) electrons. The van der Waals surface area contributed by atoms with Crippen LogP contribution in [0.1, 0.15) is 20.9 Å².